The summed E-state index contributed by atoms with van der Waals surface area (Å²) >= 11 is 0. The van der Waals surface area contributed by atoms with Crippen molar-refractivity contribution >= 4 is 5.91 Å². The minimum absolute atomic E-state index is 0.0566. The molecule has 268 valence electrons. The number of amides is 1. The fraction of sp³-hybridized carbons (Fsp3) is 0.750. The number of rotatable bonds is 8. The SMILES string of the molecule is C=CC(=O)N1CCN(C2C3CCC4(Cc5ccc(OC)cc5C4)CC3NC(OCC3CCCN3C)N2C2CCCCCCC2)CC1CC#N. The molecule has 0 bridgehead atoms. The van der Waals surface area contributed by atoms with E-state index in [9.17, 15) is 10.1 Å². The summed E-state index contributed by atoms with van der Waals surface area (Å²) in [5, 5.41) is 14.1. The summed E-state index contributed by atoms with van der Waals surface area (Å²) in [6.45, 7) is 7.84. The maximum atomic E-state index is 12.9. The van der Waals surface area contributed by atoms with E-state index >= 15 is 0 Å². The van der Waals surface area contributed by atoms with Crippen LogP contribution in [0.4, 0.5) is 0 Å². The van der Waals surface area contributed by atoms with Gasteiger partial charge in [0, 0.05) is 43.7 Å². The van der Waals surface area contributed by atoms with Gasteiger partial charge in [-0.15, -0.1) is 0 Å². The molecule has 9 nitrogen and oxygen atoms in total. The largest absolute Gasteiger partial charge is 0.497 e. The normalized spacial score (nSPS) is 34.9. The number of nitrogens with one attached hydrogen (secondary N) is 1. The number of benzene rings is 1. The van der Waals surface area contributed by atoms with E-state index in [4.69, 9.17) is 9.47 Å². The zero-order chi connectivity index (χ0) is 34.0. The minimum Gasteiger partial charge on any atom is -0.497 e. The number of nitriles is 1. The molecule has 0 aromatic heterocycles. The molecule has 49 heavy (non-hydrogen) atoms. The maximum absolute atomic E-state index is 12.9. The van der Waals surface area contributed by atoms with Crippen LogP contribution in [0.15, 0.2) is 30.9 Å². The van der Waals surface area contributed by atoms with Crippen molar-refractivity contribution in [3.63, 3.8) is 0 Å². The Labute approximate surface area is 294 Å². The van der Waals surface area contributed by atoms with Gasteiger partial charge in [0.15, 0.2) is 6.35 Å². The van der Waals surface area contributed by atoms with Gasteiger partial charge in [-0.25, -0.2) is 4.90 Å². The highest BCUT2D eigenvalue weighted by Crippen LogP contribution is 2.52. The topological polar surface area (TPSA) is 84.3 Å². The fourth-order valence-electron chi connectivity index (χ4n) is 10.8. The van der Waals surface area contributed by atoms with E-state index in [1.807, 2.05) is 4.90 Å². The lowest BCUT2D eigenvalue weighted by atomic mass is 9.64. The summed E-state index contributed by atoms with van der Waals surface area (Å²) in [5.74, 6) is 1.35. The van der Waals surface area contributed by atoms with Gasteiger partial charge in [-0.2, -0.15) is 5.26 Å². The molecule has 9 heteroatoms. The Balaban J connectivity index is 1.21. The molecule has 1 aromatic rings. The first-order valence-electron chi connectivity index (χ1n) is 19.5. The van der Waals surface area contributed by atoms with Gasteiger partial charge in [-0.1, -0.05) is 44.7 Å². The first-order chi connectivity index (χ1) is 23.9. The Bertz CT molecular complexity index is 1360. The van der Waals surface area contributed by atoms with Crippen LogP contribution in [0.2, 0.25) is 0 Å². The van der Waals surface area contributed by atoms with Crippen LogP contribution in [0.5, 0.6) is 5.75 Å². The van der Waals surface area contributed by atoms with Crippen molar-refractivity contribution in [3.8, 4) is 11.8 Å². The van der Waals surface area contributed by atoms with Crippen LogP contribution in [0, 0.1) is 22.7 Å². The first-order valence-corrected chi connectivity index (χ1v) is 19.5. The van der Waals surface area contributed by atoms with Crippen LogP contribution < -0.4 is 10.1 Å². The third kappa shape index (κ3) is 7.32. The maximum Gasteiger partial charge on any atom is 0.246 e. The van der Waals surface area contributed by atoms with Crippen molar-refractivity contribution in [3.05, 3.63) is 42.0 Å². The Morgan fingerprint density at radius 2 is 1.84 bits per heavy atom. The molecule has 1 spiro atoms. The number of hydrogen-bond donors (Lipinski definition) is 1. The molecule has 6 aliphatic rings. The van der Waals surface area contributed by atoms with E-state index in [-0.39, 0.29) is 29.9 Å². The highest BCUT2D eigenvalue weighted by Gasteiger charge is 2.54. The molecule has 5 fully saturated rings. The minimum atomic E-state index is -0.147. The van der Waals surface area contributed by atoms with Crippen molar-refractivity contribution in [1.29, 1.82) is 5.26 Å². The highest BCUT2D eigenvalue weighted by molar-refractivity contribution is 5.87. The van der Waals surface area contributed by atoms with E-state index < -0.39 is 0 Å². The summed E-state index contributed by atoms with van der Waals surface area (Å²) in [6.07, 6.45) is 19.0. The average molecular weight is 673 g/mol. The lowest BCUT2D eigenvalue weighted by Gasteiger charge is -2.60. The number of fused-ring (bicyclic) bond motifs is 2. The van der Waals surface area contributed by atoms with E-state index in [1.165, 1.54) is 87.8 Å². The molecule has 3 aliphatic heterocycles. The predicted molar refractivity (Wildman–Crippen MR) is 192 cm³/mol. The van der Waals surface area contributed by atoms with Gasteiger partial charge in [-0.3, -0.25) is 15.0 Å². The zero-order valence-electron chi connectivity index (χ0n) is 30.2. The number of carbonyl (C=O) groups excluding carboxylic acids is 1. The van der Waals surface area contributed by atoms with Crippen molar-refractivity contribution < 1.29 is 14.3 Å². The Morgan fingerprint density at radius 3 is 2.57 bits per heavy atom. The third-order valence-electron chi connectivity index (χ3n) is 13.3. The molecule has 7 atom stereocenters. The van der Waals surface area contributed by atoms with Crippen molar-refractivity contribution in [2.75, 3.05) is 46.9 Å². The van der Waals surface area contributed by atoms with Gasteiger partial charge >= 0.3 is 0 Å². The molecule has 0 radical (unpaired) electrons. The first kappa shape index (κ1) is 34.9. The molecular weight excluding hydrogens is 612 g/mol. The molecule has 7 rings (SSSR count). The second-order valence-electron chi connectivity index (χ2n) is 16.2. The van der Waals surface area contributed by atoms with Gasteiger partial charge in [0.25, 0.3) is 0 Å². The number of ether oxygens (including phenoxy) is 2. The summed E-state index contributed by atoms with van der Waals surface area (Å²) in [6, 6.07) is 10.2. The molecule has 1 aromatic carbocycles. The van der Waals surface area contributed by atoms with Gasteiger partial charge in [0.05, 0.1) is 38.4 Å². The van der Waals surface area contributed by atoms with Gasteiger partial charge < -0.3 is 19.3 Å². The molecule has 3 heterocycles. The van der Waals surface area contributed by atoms with Crippen LogP contribution in [-0.4, -0.2) is 109 Å². The van der Waals surface area contributed by atoms with E-state index in [0.29, 0.717) is 37.0 Å². The van der Waals surface area contributed by atoms with Crippen LogP contribution in [0.25, 0.3) is 0 Å². The number of carbonyl (C=O) groups is 1. The number of hydrogen-bond acceptors (Lipinski definition) is 8. The fourth-order valence-corrected chi connectivity index (χ4v) is 10.8. The number of methoxy groups -OCH3 is 1. The second kappa shape index (κ2) is 15.4. The van der Waals surface area contributed by atoms with Crippen molar-refractivity contribution in [1.82, 2.24) is 24.9 Å². The molecule has 7 unspecified atom stereocenters. The standard InChI is InChI=1S/C40H60N6O3/c1-4-37(47)45-22-21-44(27-32(45)17-19-41)38-35-16-18-40(24-29-14-15-34(48-3)23-30(29)25-40)26-36(35)42-39(49-28-33-13-10-20-43(33)2)46(38)31-11-8-6-5-7-9-12-31/h4,14-15,23,31-33,35-36,38-39,42H,1,5-13,16-18,20-22,24-28H2,2-3H3. The van der Waals surface area contributed by atoms with Gasteiger partial charge in [0.2, 0.25) is 5.91 Å². The summed E-state index contributed by atoms with van der Waals surface area (Å²) < 4.78 is 12.8. The van der Waals surface area contributed by atoms with Gasteiger partial charge in [-0.05, 0) is 106 Å². The average Bonchev–Trinajstić information content (AvgIpc) is 3.67. The Morgan fingerprint density at radius 1 is 1.04 bits per heavy atom. The van der Waals surface area contributed by atoms with Gasteiger partial charge in [0.1, 0.15) is 5.75 Å². The lowest BCUT2D eigenvalue weighted by molar-refractivity contribution is -0.218. The summed E-state index contributed by atoms with van der Waals surface area (Å²) in [5.41, 5.74) is 3.20. The summed E-state index contributed by atoms with van der Waals surface area (Å²) in [7, 11) is 4.01. The van der Waals surface area contributed by atoms with Crippen LogP contribution in [-0.2, 0) is 22.4 Å². The number of nitrogens with zero attached hydrogens (tertiary/aromatic N) is 5. The van der Waals surface area contributed by atoms with Crippen LogP contribution in [0.3, 0.4) is 0 Å². The lowest BCUT2D eigenvalue weighted by Crippen LogP contribution is -2.75. The molecule has 2 saturated carbocycles. The van der Waals surface area contributed by atoms with Crippen molar-refractivity contribution in [2.45, 2.75) is 133 Å². The van der Waals surface area contributed by atoms with Crippen LogP contribution in [0.1, 0.15) is 94.6 Å². The Kier molecular flexibility index (Phi) is 11.0. The second-order valence-corrected chi connectivity index (χ2v) is 16.2. The Hall–Kier alpha value is -2.48. The number of piperazine rings is 1. The van der Waals surface area contributed by atoms with Crippen LogP contribution >= 0.6 is 0 Å². The van der Waals surface area contributed by atoms with E-state index in [0.717, 1.165) is 51.3 Å². The molecule has 3 aliphatic carbocycles. The third-order valence-corrected chi connectivity index (χ3v) is 13.3. The molecule has 3 saturated heterocycles. The highest BCUT2D eigenvalue weighted by atomic mass is 16.5. The van der Waals surface area contributed by atoms with E-state index in [2.05, 4.69) is 57.9 Å². The summed E-state index contributed by atoms with van der Waals surface area (Å²) in [4.78, 5) is 22.8. The molecule has 1 amide bonds. The molecule has 1 N–H and O–H groups in total. The smallest absolute Gasteiger partial charge is 0.246 e. The quantitative estimate of drug-likeness (QED) is 0.373. The monoisotopic (exact) mass is 672 g/mol. The number of likely N-dealkylation sites (N-methyl/N-ethyl adjacent to an activating group) is 1. The van der Waals surface area contributed by atoms with Crippen molar-refractivity contribution in [2.24, 2.45) is 11.3 Å². The predicted octanol–water partition coefficient (Wildman–Crippen LogP) is 5.30. The van der Waals surface area contributed by atoms with E-state index in [1.54, 1.807) is 7.11 Å². The zero-order valence-corrected chi connectivity index (χ0v) is 30.2. The molecular formula is C40H60N6O3. The number of likely N-dealkylation sites (tertiary alicyclic amines) is 1.